The highest BCUT2D eigenvalue weighted by molar-refractivity contribution is 7.99. The Morgan fingerprint density at radius 3 is 2.76 bits per heavy atom. The molecule has 0 bridgehead atoms. The first kappa shape index (κ1) is 21.0. The molecule has 2 aromatic carbocycles. The molecule has 0 fully saturated rings. The van der Waals surface area contributed by atoms with Crippen LogP contribution in [0.2, 0.25) is 10.0 Å². The van der Waals surface area contributed by atoms with E-state index in [0.717, 1.165) is 5.56 Å². The van der Waals surface area contributed by atoms with Crippen LogP contribution < -0.4 is 10.1 Å². The van der Waals surface area contributed by atoms with Crippen LogP contribution in [0.5, 0.6) is 5.75 Å². The number of ether oxygens (including phenoxy) is 1. The van der Waals surface area contributed by atoms with Gasteiger partial charge < -0.3 is 10.1 Å². The fraction of sp³-hybridized carbons (Fsp3) is 0.158. The molecule has 10 heteroatoms. The molecule has 0 aliphatic carbocycles. The Balaban J connectivity index is 2.07. The maximum atomic E-state index is 11.9. The normalized spacial score (nSPS) is 10.4. The molecule has 3 rings (SSSR count). The summed E-state index contributed by atoms with van der Waals surface area (Å²) in [6, 6.07) is 14.3. The van der Waals surface area contributed by atoms with Crippen molar-refractivity contribution >= 4 is 40.9 Å². The van der Waals surface area contributed by atoms with Gasteiger partial charge in [0.05, 0.1) is 24.6 Å². The molecular formula is C19H15Cl2N5O2S. The first-order valence-electron chi connectivity index (χ1n) is 8.35. The van der Waals surface area contributed by atoms with Crippen molar-refractivity contribution in [3.8, 4) is 28.9 Å². The third kappa shape index (κ3) is 5.01. The number of carbonyl (C=O) groups is 1. The molecule has 7 nitrogen and oxygen atoms in total. The number of methoxy groups -OCH3 is 1. The third-order valence-electron chi connectivity index (χ3n) is 3.79. The molecule has 0 radical (unpaired) electrons. The van der Waals surface area contributed by atoms with Gasteiger partial charge in [0, 0.05) is 15.6 Å². The average Bonchev–Trinajstić information content (AvgIpc) is 3.14. The minimum absolute atomic E-state index is 0.0536. The molecule has 0 unspecified atom stereocenters. The molecule has 148 valence electrons. The lowest BCUT2D eigenvalue weighted by Crippen LogP contribution is -2.25. The van der Waals surface area contributed by atoms with Gasteiger partial charge in [-0.15, -0.1) is 10.2 Å². The summed E-state index contributed by atoms with van der Waals surface area (Å²) in [5, 5.41) is 21.2. The number of benzene rings is 2. The first-order valence-corrected chi connectivity index (χ1v) is 10.1. The molecule has 1 N–H and O–H groups in total. The molecule has 1 aromatic heterocycles. The second-order valence-electron chi connectivity index (χ2n) is 5.69. The predicted octanol–water partition coefficient (Wildman–Crippen LogP) is 3.98. The number of carbonyl (C=O) groups excluding carboxylic acids is 1. The summed E-state index contributed by atoms with van der Waals surface area (Å²) < 4.78 is 7.25. The topological polar surface area (TPSA) is 92.8 Å². The lowest BCUT2D eigenvalue weighted by Gasteiger charge is -2.14. The van der Waals surface area contributed by atoms with E-state index in [9.17, 15) is 4.79 Å². The summed E-state index contributed by atoms with van der Waals surface area (Å²) in [6.07, 6.45) is 0. The molecule has 0 saturated carbocycles. The van der Waals surface area contributed by atoms with Crippen molar-refractivity contribution in [3.63, 3.8) is 0 Å². The van der Waals surface area contributed by atoms with Gasteiger partial charge in [-0.05, 0) is 30.3 Å². The minimum Gasteiger partial charge on any atom is -0.495 e. The standard InChI is InChI=1S/C19H15Cl2N5O2S/c1-28-16-6-5-14(21)10-15(16)26-18(12-3-2-4-13(20)9-12)24-25-19(26)29-11-17(27)23-8-7-22/h2-6,9-10H,8,11H2,1H3,(H,23,27). The average molecular weight is 448 g/mol. The Morgan fingerprint density at radius 1 is 1.24 bits per heavy atom. The van der Waals surface area contributed by atoms with Crippen LogP contribution in [0, 0.1) is 11.3 Å². The highest BCUT2D eigenvalue weighted by Gasteiger charge is 2.20. The number of aromatic nitrogens is 3. The molecular weight excluding hydrogens is 433 g/mol. The number of rotatable bonds is 7. The highest BCUT2D eigenvalue weighted by Crippen LogP contribution is 2.34. The lowest BCUT2D eigenvalue weighted by atomic mass is 10.2. The van der Waals surface area contributed by atoms with E-state index < -0.39 is 0 Å². The van der Waals surface area contributed by atoms with Gasteiger partial charge in [-0.2, -0.15) is 5.26 Å². The number of halogens is 2. The summed E-state index contributed by atoms with van der Waals surface area (Å²) in [5.74, 6) is 0.868. The Hall–Kier alpha value is -2.73. The van der Waals surface area contributed by atoms with Gasteiger partial charge >= 0.3 is 0 Å². The van der Waals surface area contributed by atoms with Crippen molar-refractivity contribution in [1.29, 1.82) is 5.26 Å². The predicted molar refractivity (Wildman–Crippen MR) is 113 cm³/mol. The Kier molecular flexibility index (Phi) is 6.99. The van der Waals surface area contributed by atoms with E-state index >= 15 is 0 Å². The molecule has 0 aliphatic heterocycles. The summed E-state index contributed by atoms with van der Waals surface area (Å²) in [6.45, 7) is -0.0536. The number of hydrogen-bond donors (Lipinski definition) is 1. The SMILES string of the molecule is COc1ccc(Cl)cc1-n1c(SCC(=O)NCC#N)nnc1-c1cccc(Cl)c1. The van der Waals surface area contributed by atoms with Gasteiger partial charge in [-0.3, -0.25) is 9.36 Å². The van der Waals surface area contributed by atoms with E-state index in [0.29, 0.717) is 32.5 Å². The van der Waals surface area contributed by atoms with E-state index in [-0.39, 0.29) is 18.2 Å². The molecule has 3 aromatic rings. The van der Waals surface area contributed by atoms with Gasteiger partial charge in [0.15, 0.2) is 11.0 Å². The third-order valence-corrected chi connectivity index (χ3v) is 5.19. The zero-order valence-corrected chi connectivity index (χ0v) is 17.6. The van der Waals surface area contributed by atoms with Crippen molar-refractivity contribution in [2.75, 3.05) is 19.4 Å². The van der Waals surface area contributed by atoms with Gasteiger partial charge in [-0.1, -0.05) is 47.1 Å². The number of nitrogens with zero attached hydrogens (tertiary/aromatic N) is 4. The molecule has 0 atom stereocenters. The number of hydrogen-bond acceptors (Lipinski definition) is 6. The molecule has 29 heavy (non-hydrogen) atoms. The summed E-state index contributed by atoms with van der Waals surface area (Å²) in [7, 11) is 1.55. The van der Waals surface area contributed by atoms with E-state index in [1.165, 1.54) is 11.8 Å². The first-order chi connectivity index (χ1) is 14.0. The summed E-state index contributed by atoms with van der Waals surface area (Å²) >= 11 is 13.5. The van der Waals surface area contributed by atoms with Gasteiger partial charge in [0.1, 0.15) is 12.3 Å². The van der Waals surface area contributed by atoms with Crippen molar-refractivity contribution in [1.82, 2.24) is 20.1 Å². The van der Waals surface area contributed by atoms with Crippen LogP contribution in [0.15, 0.2) is 47.6 Å². The van der Waals surface area contributed by atoms with Crippen LogP contribution in [0.25, 0.3) is 17.1 Å². The van der Waals surface area contributed by atoms with E-state index in [1.807, 2.05) is 18.2 Å². The molecule has 0 aliphatic rings. The highest BCUT2D eigenvalue weighted by atomic mass is 35.5. The Morgan fingerprint density at radius 2 is 2.03 bits per heavy atom. The van der Waals surface area contributed by atoms with Gasteiger partial charge in [-0.25, -0.2) is 0 Å². The molecule has 1 heterocycles. The van der Waals surface area contributed by atoms with Crippen LogP contribution in [-0.4, -0.2) is 40.1 Å². The zero-order chi connectivity index (χ0) is 20.8. The molecule has 1 amide bonds. The maximum Gasteiger partial charge on any atom is 0.231 e. The monoisotopic (exact) mass is 447 g/mol. The van der Waals surface area contributed by atoms with Crippen molar-refractivity contribution in [3.05, 3.63) is 52.5 Å². The Bertz CT molecular complexity index is 1080. The van der Waals surface area contributed by atoms with Crippen LogP contribution in [-0.2, 0) is 4.79 Å². The number of amides is 1. The van der Waals surface area contributed by atoms with E-state index in [1.54, 1.807) is 42.0 Å². The van der Waals surface area contributed by atoms with Gasteiger partial charge in [0.25, 0.3) is 0 Å². The smallest absolute Gasteiger partial charge is 0.231 e. The second-order valence-corrected chi connectivity index (χ2v) is 7.51. The minimum atomic E-state index is -0.284. The maximum absolute atomic E-state index is 11.9. The molecule has 0 saturated heterocycles. The van der Waals surface area contributed by atoms with Gasteiger partial charge in [0.2, 0.25) is 5.91 Å². The number of nitriles is 1. The summed E-state index contributed by atoms with van der Waals surface area (Å²) in [5.41, 5.74) is 1.37. The fourth-order valence-corrected chi connectivity index (χ4v) is 3.68. The van der Waals surface area contributed by atoms with E-state index in [2.05, 4.69) is 15.5 Å². The van der Waals surface area contributed by atoms with Crippen LogP contribution in [0.3, 0.4) is 0 Å². The zero-order valence-electron chi connectivity index (χ0n) is 15.2. The van der Waals surface area contributed by atoms with Crippen LogP contribution in [0.1, 0.15) is 0 Å². The number of thioether (sulfide) groups is 1. The largest absolute Gasteiger partial charge is 0.495 e. The van der Waals surface area contributed by atoms with Crippen LogP contribution in [0.4, 0.5) is 0 Å². The summed E-state index contributed by atoms with van der Waals surface area (Å²) in [4.78, 5) is 11.9. The van der Waals surface area contributed by atoms with Crippen molar-refractivity contribution < 1.29 is 9.53 Å². The van der Waals surface area contributed by atoms with Crippen molar-refractivity contribution in [2.24, 2.45) is 0 Å². The lowest BCUT2D eigenvalue weighted by molar-refractivity contribution is -0.118. The van der Waals surface area contributed by atoms with E-state index in [4.69, 9.17) is 33.2 Å². The second kappa shape index (κ2) is 9.65. The quantitative estimate of drug-likeness (QED) is 0.434. The fourth-order valence-electron chi connectivity index (χ4n) is 2.55. The van der Waals surface area contributed by atoms with Crippen molar-refractivity contribution in [2.45, 2.75) is 5.16 Å². The molecule has 0 spiro atoms. The number of nitrogens with one attached hydrogen (secondary N) is 1. The Labute approximate surface area is 181 Å². The van der Waals surface area contributed by atoms with Crippen LogP contribution >= 0.6 is 35.0 Å².